The summed E-state index contributed by atoms with van der Waals surface area (Å²) in [7, 11) is 0. The number of halogens is 3. The highest BCUT2D eigenvalue weighted by Crippen LogP contribution is 2.33. The molecule has 1 aromatic carbocycles. The fourth-order valence-electron chi connectivity index (χ4n) is 3.14. The maximum atomic E-state index is 13.4. The molecule has 28 heavy (non-hydrogen) atoms. The van der Waals surface area contributed by atoms with Crippen molar-refractivity contribution in [2.45, 2.75) is 32.5 Å². The van der Waals surface area contributed by atoms with Crippen molar-refractivity contribution in [1.29, 1.82) is 0 Å². The van der Waals surface area contributed by atoms with Gasteiger partial charge in [0, 0.05) is 24.8 Å². The normalized spacial score (nSPS) is 17.6. The van der Waals surface area contributed by atoms with Crippen LogP contribution < -0.4 is 5.43 Å². The molecule has 2 heterocycles. The molecule has 1 unspecified atom stereocenters. The van der Waals surface area contributed by atoms with Crippen molar-refractivity contribution < 1.29 is 22.7 Å². The lowest BCUT2D eigenvalue weighted by Gasteiger charge is -2.32. The highest BCUT2D eigenvalue weighted by Gasteiger charge is 2.34. The van der Waals surface area contributed by atoms with Gasteiger partial charge >= 0.3 is 6.18 Å². The van der Waals surface area contributed by atoms with Crippen LogP contribution in [0.4, 0.5) is 13.2 Å². The number of morpholine rings is 1. The Morgan fingerprint density at radius 1 is 1.32 bits per heavy atom. The summed E-state index contributed by atoms with van der Waals surface area (Å²) < 4.78 is 46.7. The number of aromatic nitrogens is 2. The minimum Gasteiger partial charge on any atom is -0.375 e. The van der Waals surface area contributed by atoms with Crippen molar-refractivity contribution in [3.63, 3.8) is 0 Å². The van der Waals surface area contributed by atoms with Crippen LogP contribution in [0.15, 0.2) is 35.1 Å². The second-order valence-electron chi connectivity index (χ2n) is 6.58. The predicted octanol–water partition coefficient (Wildman–Crippen LogP) is 2.81. The number of ether oxygens (including phenoxy) is 1. The van der Waals surface area contributed by atoms with Gasteiger partial charge in [0.25, 0.3) is 5.91 Å². The number of benzene rings is 1. The zero-order valence-electron chi connectivity index (χ0n) is 15.5. The number of carbonyl (C=O) groups is 1. The zero-order valence-corrected chi connectivity index (χ0v) is 15.5. The van der Waals surface area contributed by atoms with Gasteiger partial charge in [-0.15, -0.1) is 0 Å². The van der Waals surface area contributed by atoms with E-state index < -0.39 is 28.8 Å². The number of alkyl halides is 3. The third kappa shape index (κ3) is 3.94. The molecular weight excluding hydrogens is 375 g/mol. The van der Waals surface area contributed by atoms with E-state index in [0.717, 1.165) is 16.8 Å². The lowest BCUT2D eigenvalue weighted by molar-refractivity contribution is -0.137. The van der Waals surface area contributed by atoms with Crippen LogP contribution in [0.1, 0.15) is 35.1 Å². The molecule has 150 valence electrons. The van der Waals surface area contributed by atoms with Crippen LogP contribution in [0.3, 0.4) is 0 Å². The molecular formula is C19H20F3N3O3. The number of carbonyl (C=O) groups excluding carboxylic acids is 1. The molecule has 1 aliphatic heterocycles. The quantitative estimate of drug-likeness (QED) is 0.802. The van der Waals surface area contributed by atoms with E-state index in [1.54, 1.807) is 0 Å². The number of rotatable bonds is 3. The van der Waals surface area contributed by atoms with Crippen LogP contribution in [0, 0.1) is 6.92 Å². The van der Waals surface area contributed by atoms with Crippen molar-refractivity contribution >= 4 is 5.91 Å². The average molecular weight is 395 g/mol. The summed E-state index contributed by atoms with van der Waals surface area (Å²) in [6, 6.07) is 6.03. The summed E-state index contributed by atoms with van der Waals surface area (Å²) in [5, 5.41) is 4.01. The van der Waals surface area contributed by atoms with Crippen molar-refractivity contribution in [3.05, 3.63) is 57.5 Å². The molecule has 3 rings (SSSR count). The van der Waals surface area contributed by atoms with Crippen LogP contribution >= 0.6 is 0 Å². The van der Waals surface area contributed by atoms with E-state index in [4.69, 9.17) is 4.74 Å². The average Bonchev–Trinajstić information content (AvgIpc) is 2.67. The fourth-order valence-corrected chi connectivity index (χ4v) is 3.14. The summed E-state index contributed by atoms with van der Waals surface area (Å²) in [6.45, 7) is 4.33. The lowest BCUT2D eigenvalue weighted by atomic mass is 10.1. The summed E-state index contributed by atoms with van der Waals surface area (Å²) in [6.07, 6.45) is -4.04. The van der Waals surface area contributed by atoms with Gasteiger partial charge < -0.3 is 9.64 Å². The molecule has 0 bridgehead atoms. The summed E-state index contributed by atoms with van der Waals surface area (Å²) >= 11 is 0. The van der Waals surface area contributed by atoms with E-state index in [-0.39, 0.29) is 17.5 Å². The Morgan fingerprint density at radius 2 is 2.04 bits per heavy atom. The summed E-state index contributed by atoms with van der Waals surface area (Å²) in [5.74, 6) is -0.606. The third-order valence-corrected chi connectivity index (χ3v) is 4.63. The lowest BCUT2D eigenvalue weighted by Crippen LogP contribution is -2.47. The molecule has 9 heteroatoms. The molecule has 0 radical (unpaired) electrons. The standard InChI is InChI=1S/C19H20F3N3O3/c1-3-13-11-24(8-9-28-13)18(27)17-16(26)10-12(2)25(23-17)15-7-5-4-6-14(15)19(20,21)22/h4-7,10,13H,3,8-9,11H2,1-2H3. The fraction of sp³-hybridized carbons (Fsp3) is 0.421. The van der Waals surface area contributed by atoms with Gasteiger partial charge in [-0.25, -0.2) is 4.68 Å². The molecule has 0 N–H and O–H groups in total. The smallest absolute Gasteiger partial charge is 0.375 e. The molecule has 1 fully saturated rings. The molecule has 1 saturated heterocycles. The highest BCUT2D eigenvalue weighted by molar-refractivity contribution is 5.92. The van der Waals surface area contributed by atoms with Crippen molar-refractivity contribution in [2.75, 3.05) is 19.7 Å². The SMILES string of the molecule is CCC1CN(C(=O)c2nn(-c3ccccc3C(F)(F)F)c(C)cc2=O)CCO1. The largest absolute Gasteiger partial charge is 0.418 e. The van der Waals surface area contributed by atoms with Crippen molar-refractivity contribution in [3.8, 4) is 5.69 Å². The predicted molar refractivity (Wildman–Crippen MR) is 95.5 cm³/mol. The van der Waals surface area contributed by atoms with Crippen molar-refractivity contribution in [1.82, 2.24) is 14.7 Å². The number of amides is 1. The molecule has 6 nitrogen and oxygen atoms in total. The van der Waals surface area contributed by atoms with Crippen LogP contribution in [-0.2, 0) is 10.9 Å². The topological polar surface area (TPSA) is 64.4 Å². The Kier molecular flexibility index (Phi) is 5.55. The van der Waals surface area contributed by atoms with Gasteiger partial charge in [0.15, 0.2) is 5.69 Å². The second kappa shape index (κ2) is 7.75. The second-order valence-corrected chi connectivity index (χ2v) is 6.58. The Labute approximate surface area is 159 Å². The maximum Gasteiger partial charge on any atom is 0.418 e. The van der Waals surface area contributed by atoms with Crippen LogP contribution in [0.2, 0.25) is 0 Å². The van der Waals surface area contributed by atoms with Gasteiger partial charge in [0.1, 0.15) is 0 Å². The summed E-state index contributed by atoms with van der Waals surface area (Å²) in [4.78, 5) is 26.6. The zero-order chi connectivity index (χ0) is 20.5. The van der Waals surface area contributed by atoms with E-state index >= 15 is 0 Å². The number of para-hydroxylation sites is 1. The van der Waals surface area contributed by atoms with Crippen molar-refractivity contribution in [2.24, 2.45) is 0 Å². The molecule has 1 aromatic heterocycles. The van der Waals surface area contributed by atoms with Gasteiger partial charge in [-0.2, -0.15) is 18.3 Å². The molecule has 0 spiro atoms. The van der Waals surface area contributed by atoms with E-state index in [2.05, 4.69) is 5.10 Å². The van der Waals surface area contributed by atoms with Gasteiger partial charge in [-0.1, -0.05) is 19.1 Å². The molecule has 1 amide bonds. The third-order valence-electron chi connectivity index (χ3n) is 4.63. The van der Waals surface area contributed by atoms with Crippen LogP contribution in [0.25, 0.3) is 5.69 Å². The van der Waals surface area contributed by atoms with Gasteiger partial charge in [-0.3, -0.25) is 9.59 Å². The van der Waals surface area contributed by atoms with Gasteiger partial charge in [0.2, 0.25) is 5.43 Å². The monoisotopic (exact) mass is 395 g/mol. The van der Waals surface area contributed by atoms with E-state index in [0.29, 0.717) is 26.1 Å². The summed E-state index contributed by atoms with van der Waals surface area (Å²) in [5.41, 5.74) is -1.96. The van der Waals surface area contributed by atoms with E-state index in [1.165, 1.54) is 30.0 Å². The first-order valence-electron chi connectivity index (χ1n) is 8.90. The first-order valence-corrected chi connectivity index (χ1v) is 8.90. The van der Waals surface area contributed by atoms with Crippen LogP contribution in [-0.4, -0.2) is 46.4 Å². The minimum absolute atomic E-state index is 0.142. The molecule has 1 atom stereocenters. The number of aryl methyl sites for hydroxylation is 1. The minimum atomic E-state index is -4.60. The Hall–Kier alpha value is -2.68. The Morgan fingerprint density at radius 3 is 2.71 bits per heavy atom. The first kappa shape index (κ1) is 20.1. The number of hydrogen-bond donors (Lipinski definition) is 0. The molecule has 2 aromatic rings. The van der Waals surface area contributed by atoms with Crippen LogP contribution in [0.5, 0.6) is 0 Å². The Balaban J connectivity index is 2.06. The highest BCUT2D eigenvalue weighted by atomic mass is 19.4. The Bertz CT molecular complexity index is 940. The van der Waals surface area contributed by atoms with Gasteiger partial charge in [0.05, 0.1) is 24.0 Å². The maximum absolute atomic E-state index is 13.4. The van der Waals surface area contributed by atoms with E-state index in [9.17, 15) is 22.8 Å². The molecule has 0 saturated carbocycles. The molecule has 0 aliphatic carbocycles. The van der Waals surface area contributed by atoms with E-state index in [1.807, 2.05) is 6.92 Å². The molecule has 1 aliphatic rings. The number of nitrogens with zero attached hydrogens (tertiary/aromatic N) is 3. The first-order chi connectivity index (χ1) is 13.2. The number of hydrogen-bond acceptors (Lipinski definition) is 4. The van der Waals surface area contributed by atoms with Gasteiger partial charge in [-0.05, 0) is 25.5 Å².